The van der Waals surface area contributed by atoms with Crippen molar-refractivity contribution in [2.45, 2.75) is 25.9 Å². The van der Waals surface area contributed by atoms with Crippen LogP contribution in [0.1, 0.15) is 25.3 Å². The summed E-state index contributed by atoms with van der Waals surface area (Å²) in [5, 5.41) is 8.93. The van der Waals surface area contributed by atoms with Gasteiger partial charge in [-0.25, -0.2) is 4.98 Å². The van der Waals surface area contributed by atoms with Gasteiger partial charge in [-0.05, 0) is 18.6 Å². The maximum absolute atomic E-state index is 12.4. The molecule has 1 aromatic heterocycles. The van der Waals surface area contributed by atoms with E-state index in [1.54, 1.807) is 4.90 Å². The van der Waals surface area contributed by atoms with Gasteiger partial charge in [-0.2, -0.15) is 13.2 Å². The van der Waals surface area contributed by atoms with Crippen LogP contribution < -0.4 is 4.90 Å². The Hall–Kier alpha value is -1.30. The van der Waals surface area contributed by atoms with Gasteiger partial charge in [0.2, 0.25) is 0 Å². The van der Waals surface area contributed by atoms with Crippen LogP contribution in [-0.4, -0.2) is 29.8 Å². The summed E-state index contributed by atoms with van der Waals surface area (Å²) < 4.78 is 37.1. The highest BCUT2D eigenvalue weighted by atomic mass is 19.4. The fraction of sp³-hybridized carbons (Fsp3) is 0.583. The van der Waals surface area contributed by atoms with Crippen LogP contribution in [0.25, 0.3) is 0 Å². The lowest BCUT2D eigenvalue weighted by Crippen LogP contribution is -2.28. The van der Waals surface area contributed by atoms with Crippen LogP contribution in [-0.2, 0) is 6.18 Å². The SMILES string of the molecule is CCCCN(CCO)c1ccc(C(F)(F)F)cn1. The first-order valence-corrected chi connectivity index (χ1v) is 5.88. The number of rotatable bonds is 6. The number of anilines is 1. The molecule has 0 atom stereocenters. The molecular weight excluding hydrogens is 245 g/mol. The quantitative estimate of drug-likeness (QED) is 0.856. The van der Waals surface area contributed by atoms with E-state index in [-0.39, 0.29) is 6.61 Å². The van der Waals surface area contributed by atoms with E-state index >= 15 is 0 Å². The molecule has 0 radical (unpaired) electrons. The fourth-order valence-corrected chi connectivity index (χ4v) is 1.55. The predicted octanol–water partition coefficient (Wildman–Crippen LogP) is 2.70. The molecule has 0 bridgehead atoms. The first kappa shape index (κ1) is 14.8. The highest BCUT2D eigenvalue weighted by Crippen LogP contribution is 2.29. The summed E-state index contributed by atoms with van der Waals surface area (Å²) in [5.41, 5.74) is -0.759. The van der Waals surface area contributed by atoms with Gasteiger partial charge in [0.25, 0.3) is 0 Å². The summed E-state index contributed by atoms with van der Waals surface area (Å²) >= 11 is 0. The Balaban J connectivity index is 2.79. The molecule has 18 heavy (non-hydrogen) atoms. The lowest BCUT2D eigenvalue weighted by molar-refractivity contribution is -0.137. The van der Waals surface area contributed by atoms with Gasteiger partial charge < -0.3 is 10.0 Å². The van der Waals surface area contributed by atoms with Crippen molar-refractivity contribution in [2.75, 3.05) is 24.6 Å². The molecule has 0 aromatic carbocycles. The maximum atomic E-state index is 12.4. The van der Waals surface area contributed by atoms with E-state index < -0.39 is 11.7 Å². The summed E-state index contributed by atoms with van der Waals surface area (Å²) in [6.07, 6.45) is -1.66. The van der Waals surface area contributed by atoms with E-state index in [0.29, 0.717) is 18.9 Å². The molecular formula is C12H17F3N2O. The number of hydrogen-bond donors (Lipinski definition) is 1. The molecule has 0 aliphatic rings. The van der Waals surface area contributed by atoms with Crippen molar-refractivity contribution in [1.29, 1.82) is 0 Å². The van der Waals surface area contributed by atoms with Gasteiger partial charge in [0.15, 0.2) is 0 Å². The van der Waals surface area contributed by atoms with Crippen molar-refractivity contribution in [3.8, 4) is 0 Å². The highest BCUT2D eigenvalue weighted by molar-refractivity contribution is 5.39. The van der Waals surface area contributed by atoms with Crippen molar-refractivity contribution in [3.63, 3.8) is 0 Å². The van der Waals surface area contributed by atoms with E-state index in [1.807, 2.05) is 6.92 Å². The molecule has 0 saturated heterocycles. The Morgan fingerprint density at radius 1 is 1.28 bits per heavy atom. The van der Waals surface area contributed by atoms with E-state index in [4.69, 9.17) is 5.11 Å². The monoisotopic (exact) mass is 262 g/mol. The third-order valence-corrected chi connectivity index (χ3v) is 2.55. The fourth-order valence-electron chi connectivity index (χ4n) is 1.55. The molecule has 1 N–H and O–H groups in total. The number of aromatic nitrogens is 1. The smallest absolute Gasteiger partial charge is 0.395 e. The zero-order valence-corrected chi connectivity index (χ0v) is 10.2. The number of unbranched alkanes of at least 4 members (excludes halogenated alkanes) is 1. The van der Waals surface area contributed by atoms with E-state index in [9.17, 15) is 13.2 Å². The van der Waals surface area contributed by atoms with Gasteiger partial charge >= 0.3 is 6.18 Å². The van der Waals surface area contributed by atoms with Crippen molar-refractivity contribution in [1.82, 2.24) is 4.98 Å². The lowest BCUT2D eigenvalue weighted by atomic mass is 10.2. The minimum Gasteiger partial charge on any atom is -0.395 e. The molecule has 0 aliphatic carbocycles. The second kappa shape index (κ2) is 6.58. The largest absolute Gasteiger partial charge is 0.417 e. The summed E-state index contributed by atoms with van der Waals surface area (Å²) in [6, 6.07) is 2.35. The first-order valence-electron chi connectivity index (χ1n) is 5.88. The predicted molar refractivity (Wildman–Crippen MR) is 63.4 cm³/mol. The molecule has 102 valence electrons. The van der Waals surface area contributed by atoms with Crippen LogP contribution in [0.4, 0.5) is 19.0 Å². The number of nitrogens with zero attached hydrogens (tertiary/aromatic N) is 2. The molecule has 1 heterocycles. The Labute approximate surface area is 104 Å². The zero-order chi connectivity index (χ0) is 13.6. The Kier molecular flexibility index (Phi) is 5.40. The molecule has 1 rings (SSSR count). The second-order valence-electron chi connectivity index (χ2n) is 3.97. The third-order valence-electron chi connectivity index (χ3n) is 2.55. The number of alkyl halides is 3. The van der Waals surface area contributed by atoms with E-state index in [1.165, 1.54) is 6.07 Å². The Morgan fingerprint density at radius 3 is 2.44 bits per heavy atom. The average Bonchev–Trinajstić information content (AvgIpc) is 2.33. The van der Waals surface area contributed by atoms with Crippen molar-refractivity contribution in [3.05, 3.63) is 23.9 Å². The van der Waals surface area contributed by atoms with E-state index in [0.717, 1.165) is 25.1 Å². The van der Waals surface area contributed by atoms with Crippen LogP contribution >= 0.6 is 0 Å². The number of hydrogen-bond acceptors (Lipinski definition) is 3. The Morgan fingerprint density at radius 2 is 2.00 bits per heavy atom. The van der Waals surface area contributed by atoms with Gasteiger partial charge in [-0.1, -0.05) is 13.3 Å². The third kappa shape index (κ3) is 4.18. The molecule has 0 aliphatic heterocycles. The minimum absolute atomic E-state index is 0.0492. The number of halogens is 3. The highest BCUT2D eigenvalue weighted by Gasteiger charge is 2.30. The molecule has 0 saturated carbocycles. The van der Waals surface area contributed by atoms with Crippen LogP contribution in [0.3, 0.4) is 0 Å². The molecule has 6 heteroatoms. The molecule has 0 amide bonds. The van der Waals surface area contributed by atoms with Crippen LogP contribution in [0.5, 0.6) is 0 Å². The number of aliphatic hydroxyl groups excluding tert-OH is 1. The van der Waals surface area contributed by atoms with Gasteiger partial charge in [0.1, 0.15) is 5.82 Å². The lowest BCUT2D eigenvalue weighted by Gasteiger charge is -2.22. The first-order chi connectivity index (χ1) is 8.49. The van der Waals surface area contributed by atoms with Crippen LogP contribution in [0.15, 0.2) is 18.3 Å². The van der Waals surface area contributed by atoms with Gasteiger partial charge in [0, 0.05) is 19.3 Å². The van der Waals surface area contributed by atoms with E-state index in [2.05, 4.69) is 4.98 Å². The molecule has 3 nitrogen and oxygen atoms in total. The van der Waals surface area contributed by atoms with Gasteiger partial charge in [-0.15, -0.1) is 0 Å². The molecule has 0 spiro atoms. The normalized spacial score (nSPS) is 11.6. The average molecular weight is 262 g/mol. The zero-order valence-electron chi connectivity index (χ0n) is 10.2. The molecule has 0 unspecified atom stereocenters. The minimum atomic E-state index is -4.36. The number of aliphatic hydroxyl groups is 1. The summed E-state index contributed by atoms with van der Waals surface area (Å²) in [7, 11) is 0. The summed E-state index contributed by atoms with van der Waals surface area (Å²) in [6.45, 7) is 3.03. The molecule has 0 fully saturated rings. The van der Waals surface area contributed by atoms with Crippen LogP contribution in [0, 0.1) is 0 Å². The van der Waals surface area contributed by atoms with Crippen molar-refractivity contribution in [2.24, 2.45) is 0 Å². The van der Waals surface area contributed by atoms with Crippen molar-refractivity contribution >= 4 is 5.82 Å². The maximum Gasteiger partial charge on any atom is 0.417 e. The van der Waals surface area contributed by atoms with Crippen molar-refractivity contribution < 1.29 is 18.3 Å². The number of pyridine rings is 1. The topological polar surface area (TPSA) is 36.4 Å². The summed E-state index contributed by atoms with van der Waals surface area (Å²) in [5.74, 6) is 0.463. The summed E-state index contributed by atoms with van der Waals surface area (Å²) in [4.78, 5) is 5.59. The molecule has 1 aromatic rings. The van der Waals surface area contributed by atoms with Crippen LogP contribution in [0.2, 0.25) is 0 Å². The second-order valence-corrected chi connectivity index (χ2v) is 3.97. The van der Waals surface area contributed by atoms with Gasteiger partial charge in [-0.3, -0.25) is 0 Å². The van der Waals surface area contributed by atoms with Gasteiger partial charge in [0.05, 0.1) is 12.2 Å². The standard InChI is InChI=1S/C12H17F3N2O/c1-2-3-6-17(7-8-18)11-5-4-10(9-16-11)12(13,14)15/h4-5,9,18H,2-3,6-8H2,1H3. The Bertz CT molecular complexity index is 351.